The molecule has 8 nitrogen and oxygen atoms in total. The number of nitrogens with zero attached hydrogens (tertiary/aromatic N) is 3. The molecule has 4 aromatic rings. The zero-order valence-electron chi connectivity index (χ0n) is 14.8. The summed E-state index contributed by atoms with van der Waals surface area (Å²) < 4.78 is 11.5. The van der Waals surface area contributed by atoms with E-state index >= 15 is 0 Å². The lowest BCUT2D eigenvalue weighted by molar-refractivity contribution is 0.100. The number of para-hydroxylation sites is 1. The Morgan fingerprint density at radius 1 is 1.18 bits per heavy atom. The molecule has 0 spiro atoms. The number of thiophene rings is 1. The highest BCUT2D eigenvalue weighted by Gasteiger charge is 2.24. The van der Waals surface area contributed by atoms with Crippen molar-refractivity contribution in [3.05, 3.63) is 35.2 Å². The highest BCUT2D eigenvalue weighted by atomic mass is 32.1. The van der Waals surface area contributed by atoms with Crippen molar-refractivity contribution in [2.45, 2.75) is 0 Å². The van der Waals surface area contributed by atoms with Crippen LogP contribution < -0.4 is 16.4 Å². The maximum Gasteiger partial charge on any atom is 0.260 e. The van der Waals surface area contributed by atoms with Gasteiger partial charge >= 0.3 is 0 Å². The van der Waals surface area contributed by atoms with Crippen LogP contribution in [0.15, 0.2) is 34.7 Å². The summed E-state index contributed by atoms with van der Waals surface area (Å²) in [5.41, 5.74) is 13.4. The van der Waals surface area contributed by atoms with Gasteiger partial charge in [0.1, 0.15) is 21.0 Å². The maximum atomic E-state index is 11.8. The fraction of sp³-hybridized carbons (Fsp3) is 0.211. The van der Waals surface area contributed by atoms with Gasteiger partial charge in [-0.1, -0.05) is 18.2 Å². The van der Waals surface area contributed by atoms with Crippen LogP contribution in [0.2, 0.25) is 0 Å². The van der Waals surface area contributed by atoms with Gasteiger partial charge in [0.05, 0.1) is 24.3 Å². The van der Waals surface area contributed by atoms with Gasteiger partial charge in [-0.05, 0) is 12.1 Å². The average Bonchev–Trinajstić information content (AvgIpc) is 3.29. The number of fused-ring (bicyclic) bond motifs is 2. The number of hydrogen-bond donors (Lipinski definition) is 2. The SMILES string of the molecule is NC(=O)c1sc2nc(N3CCOCC3)nc(-c3cc4ccccc4o3)c2c1N. The number of nitrogen functional groups attached to an aromatic ring is 1. The monoisotopic (exact) mass is 395 g/mol. The first-order chi connectivity index (χ1) is 13.6. The first-order valence-electron chi connectivity index (χ1n) is 8.83. The first-order valence-corrected chi connectivity index (χ1v) is 9.65. The second kappa shape index (κ2) is 6.47. The number of hydrogen-bond acceptors (Lipinski definition) is 8. The molecule has 4 N–H and O–H groups in total. The van der Waals surface area contributed by atoms with Gasteiger partial charge in [-0.3, -0.25) is 4.79 Å². The van der Waals surface area contributed by atoms with E-state index in [1.54, 1.807) is 0 Å². The summed E-state index contributed by atoms with van der Waals surface area (Å²) in [4.78, 5) is 24.2. The second-order valence-electron chi connectivity index (χ2n) is 6.51. The molecular formula is C19H17N5O3S. The number of amides is 1. The molecule has 0 aliphatic carbocycles. The summed E-state index contributed by atoms with van der Waals surface area (Å²) in [5, 5.41) is 1.55. The second-order valence-corrected chi connectivity index (χ2v) is 7.51. The van der Waals surface area contributed by atoms with E-state index in [-0.39, 0.29) is 10.6 Å². The summed E-state index contributed by atoms with van der Waals surface area (Å²) >= 11 is 1.18. The minimum absolute atomic E-state index is 0.279. The quantitative estimate of drug-likeness (QED) is 0.547. The van der Waals surface area contributed by atoms with Crippen LogP contribution in [0.1, 0.15) is 9.67 Å². The number of rotatable bonds is 3. The number of aromatic nitrogens is 2. The van der Waals surface area contributed by atoms with Crippen molar-refractivity contribution in [3.63, 3.8) is 0 Å². The highest BCUT2D eigenvalue weighted by molar-refractivity contribution is 7.21. The predicted octanol–water partition coefficient (Wildman–Crippen LogP) is 2.62. The zero-order valence-corrected chi connectivity index (χ0v) is 15.7. The molecular weight excluding hydrogens is 378 g/mol. The molecule has 0 unspecified atom stereocenters. The van der Waals surface area contributed by atoms with E-state index in [2.05, 4.69) is 9.88 Å². The summed E-state index contributed by atoms with van der Waals surface area (Å²) in [6.45, 7) is 2.60. The molecule has 9 heteroatoms. The van der Waals surface area contributed by atoms with Gasteiger partial charge in [-0.2, -0.15) is 0 Å². The summed E-state index contributed by atoms with van der Waals surface area (Å²) in [7, 11) is 0. The predicted molar refractivity (Wildman–Crippen MR) is 109 cm³/mol. The van der Waals surface area contributed by atoms with E-state index in [0.29, 0.717) is 53.9 Å². The van der Waals surface area contributed by atoms with Gasteiger partial charge in [-0.25, -0.2) is 9.97 Å². The van der Waals surface area contributed by atoms with Crippen molar-refractivity contribution in [1.29, 1.82) is 0 Å². The minimum Gasteiger partial charge on any atom is -0.454 e. The smallest absolute Gasteiger partial charge is 0.260 e. The van der Waals surface area contributed by atoms with Crippen molar-refractivity contribution in [2.24, 2.45) is 5.73 Å². The van der Waals surface area contributed by atoms with Gasteiger partial charge in [0.2, 0.25) is 5.95 Å². The average molecular weight is 395 g/mol. The number of primary amides is 1. The third kappa shape index (κ3) is 2.67. The first kappa shape index (κ1) is 17.0. The summed E-state index contributed by atoms with van der Waals surface area (Å²) in [6.07, 6.45) is 0. The lowest BCUT2D eigenvalue weighted by atomic mass is 10.1. The molecule has 0 saturated carbocycles. The Bertz CT molecular complexity index is 1180. The lowest BCUT2D eigenvalue weighted by Crippen LogP contribution is -2.37. The van der Waals surface area contributed by atoms with Crippen molar-refractivity contribution in [2.75, 3.05) is 36.9 Å². The van der Waals surface area contributed by atoms with E-state index in [1.165, 1.54) is 11.3 Å². The molecule has 0 radical (unpaired) electrons. The Hall–Kier alpha value is -3.17. The molecule has 1 saturated heterocycles. The maximum absolute atomic E-state index is 11.8. The molecule has 1 amide bonds. The highest BCUT2D eigenvalue weighted by Crippen LogP contribution is 2.40. The van der Waals surface area contributed by atoms with Crippen LogP contribution in [-0.4, -0.2) is 42.2 Å². The van der Waals surface area contributed by atoms with Crippen molar-refractivity contribution >= 4 is 50.1 Å². The van der Waals surface area contributed by atoms with E-state index in [4.69, 9.17) is 25.6 Å². The third-order valence-electron chi connectivity index (χ3n) is 4.75. The van der Waals surface area contributed by atoms with E-state index < -0.39 is 5.91 Å². The van der Waals surface area contributed by atoms with E-state index in [1.807, 2.05) is 30.3 Å². The Morgan fingerprint density at radius 3 is 2.71 bits per heavy atom. The van der Waals surface area contributed by atoms with Crippen LogP contribution in [0, 0.1) is 0 Å². The Kier molecular flexibility index (Phi) is 3.92. The number of ether oxygens (including phenoxy) is 1. The fourth-order valence-corrected chi connectivity index (χ4v) is 4.32. The Morgan fingerprint density at radius 2 is 1.96 bits per heavy atom. The molecule has 3 aromatic heterocycles. The largest absolute Gasteiger partial charge is 0.454 e. The van der Waals surface area contributed by atoms with Crippen molar-refractivity contribution in [1.82, 2.24) is 9.97 Å². The number of furan rings is 1. The fourth-order valence-electron chi connectivity index (χ4n) is 3.38. The number of carbonyl (C=O) groups excluding carboxylic acids is 1. The van der Waals surface area contributed by atoms with E-state index in [0.717, 1.165) is 11.0 Å². The van der Waals surface area contributed by atoms with Gasteiger partial charge in [0.25, 0.3) is 5.91 Å². The molecule has 1 aromatic carbocycles. The summed E-state index contributed by atoms with van der Waals surface area (Å²) in [6, 6.07) is 9.64. The van der Waals surface area contributed by atoms with Gasteiger partial charge < -0.3 is 25.5 Å². The van der Waals surface area contributed by atoms with Gasteiger partial charge in [-0.15, -0.1) is 11.3 Å². The van der Waals surface area contributed by atoms with Gasteiger partial charge in [0.15, 0.2) is 5.76 Å². The van der Waals surface area contributed by atoms with Crippen LogP contribution in [0.4, 0.5) is 11.6 Å². The molecule has 4 heterocycles. The number of carbonyl (C=O) groups is 1. The van der Waals surface area contributed by atoms with Crippen LogP contribution in [-0.2, 0) is 4.74 Å². The molecule has 142 valence electrons. The van der Waals surface area contributed by atoms with Crippen molar-refractivity contribution in [3.8, 4) is 11.5 Å². The molecule has 0 bridgehead atoms. The van der Waals surface area contributed by atoms with E-state index in [9.17, 15) is 4.79 Å². The topological polar surface area (TPSA) is 120 Å². The molecule has 0 atom stereocenters. The zero-order chi connectivity index (χ0) is 19.3. The van der Waals surface area contributed by atoms with Crippen LogP contribution in [0.5, 0.6) is 0 Å². The normalized spacial score (nSPS) is 14.8. The molecule has 1 aliphatic rings. The van der Waals surface area contributed by atoms with Gasteiger partial charge in [0, 0.05) is 18.5 Å². The standard InChI is InChI=1S/C19H17N5O3S/c20-14-13-15(12-9-10-3-1-2-4-11(10)27-12)22-19(24-5-7-26-8-6-24)23-18(13)28-16(14)17(21)25/h1-4,9H,5-8,20H2,(H2,21,25). The van der Waals surface area contributed by atoms with Crippen LogP contribution in [0.3, 0.4) is 0 Å². The minimum atomic E-state index is -0.580. The van der Waals surface area contributed by atoms with Crippen molar-refractivity contribution < 1.29 is 13.9 Å². The Labute approximate surface area is 163 Å². The number of benzene rings is 1. The number of morpholine rings is 1. The third-order valence-corrected chi connectivity index (χ3v) is 5.87. The molecule has 1 fully saturated rings. The van der Waals surface area contributed by atoms with Crippen LogP contribution >= 0.6 is 11.3 Å². The number of anilines is 2. The van der Waals surface area contributed by atoms with Crippen LogP contribution in [0.25, 0.3) is 32.6 Å². The number of nitrogens with two attached hydrogens (primary N) is 2. The molecule has 1 aliphatic heterocycles. The molecule has 28 heavy (non-hydrogen) atoms. The lowest BCUT2D eigenvalue weighted by Gasteiger charge is -2.26. The Balaban J connectivity index is 1.77. The molecule has 5 rings (SSSR count). The summed E-state index contributed by atoms with van der Waals surface area (Å²) in [5.74, 6) is 0.552.